The molecule has 0 aromatic heterocycles. The van der Waals surface area contributed by atoms with Crippen molar-refractivity contribution >= 4 is 17.5 Å². The van der Waals surface area contributed by atoms with Crippen LogP contribution in [0.2, 0.25) is 0 Å². The molecule has 0 amide bonds. The van der Waals surface area contributed by atoms with Gasteiger partial charge in [0.25, 0.3) is 0 Å². The lowest BCUT2D eigenvalue weighted by atomic mass is 9.74. The molecule has 0 saturated carbocycles. The van der Waals surface area contributed by atoms with Gasteiger partial charge < -0.3 is 20.4 Å². The highest BCUT2D eigenvalue weighted by molar-refractivity contribution is 6.02. The number of carboxylic acid groups (broad SMARTS) is 2. The molecule has 0 aliphatic heterocycles. The third kappa shape index (κ3) is 1.96. The molecule has 4 N–H and O–H groups in total. The van der Waals surface area contributed by atoms with E-state index in [1.165, 1.54) is 6.08 Å². The zero-order valence-corrected chi connectivity index (χ0v) is 10.2. The topological polar surface area (TPSA) is 115 Å². The van der Waals surface area contributed by atoms with Crippen molar-refractivity contribution in [3.05, 3.63) is 53.8 Å². The minimum Gasteiger partial charge on any atom is -0.511 e. The van der Waals surface area contributed by atoms with Crippen molar-refractivity contribution in [2.75, 3.05) is 0 Å². The summed E-state index contributed by atoms with van der Waals surface area (Å²) in [6, 6.07) is 8.07. The minimum absolute atomic E-state index is 0.0872. The summed E-state index contributed by atoms with van der Waals surface area (Å²) in [7, 11) is 0. The van der Waals surface area contributed by atoms with Crippen LogP contribution in [-0.2, 0) is 9.59 Å². The van der Waals surface area contributed by atoms with Crippen molar-refractivity contribution in [3.63, 3.8) is 0 Å². The van der Waals surface area contributed by atoms with Crippen LogP contribution < -0.4 is 0 Å². The zero-order valence-electron chi connectivity index (χ0n) is 10.2. The maximum absolute atomic E-state index is 11.4. The largest absolute Gasteiger partial charge is 0.511 e. The van der Waals surface area contributed by atoms with Crippen LogP contribution in [0.3, 0.4) is 0 Å². The summed E-state index contributed by atoms with van der Waals surface area (Å²) in [6.07, 6.45) is 2.29. The van der Waals surface area contributed by atoms with Crippen LogP contribution in [0.25, 0.3) is 5.57 Å². The number of carboxylic acids is 2. The number of aliphatic hydroxyl groups excluding tert-OH is 1. The third-order valence-corrected chi connectivity index (χ3v) is 3.20. The SMILES string of the molecule is O=C(O)C1C(O)=CC=C(c2ccccc2)C1(O)C(=O)O. The average molecular weight is 276 g/mol. The lowest BCUT2D eigenvalue weighted by molar-refractivity contribution is -0.166. The molecule has 1 aromatic carbocycles. The molecule has 1 aliphatic carbocycles. The van der Waals surface area contributed by atoms with Gasteiger partial charge in [0.1, 0.15) is 5.76 Å². The van der Waals surface area contributed by atoms with Crippen LogP contribution in [-0.4, -0.2) is 38.0 Å². The zero-order chi connectivity index (χ0) is 14.9. The molecule has 0 spiro atoms. The first-order valence-corrected chi connectivity index (χ1v) is 5.74. The Kier molecular flexibility index (Phi) is 3.33. The van der Waals surface area contributed by atoms with Gasteiger partial charge in [-0.25, -0.2) is 4.79 Å². The number of aliphatic hydroxyl groups is 2. The molecule has 6 heteroatoms. The molecule has 2 atom stereocenters. The maximum Gasteiger partial charge on any atom is 0.341 e. The quantitative estimate of drug-likeness (QED) is 0.655. The van der Waals surface area contributed by atoms with Crippen molar-refractivity contribution in [2.45, 2.75) is 5.60 Å². The van der Waals surface area contributed by atoms with Crippen LogP contribution >= 0.6 is 0 Å². The number of benzene rings is 1. The fourth-order valence-corrected chi connectivity index (χ4v) is 2.24. The van der Waals surface area contributed by atoms with Gasteiger partial charge in [0.15, 0.2) is 5.92 Å². The predicted octanol–water partition coefficient (Wildman–Crippen LogP) is 1.04. The van der Waals surface area contributed by atoms with Crippen molar-refractivity contribution in [1.82, 2.24) is 0 Å². The van der Waals surface area contributed by atoms with E-state index in [4.69, 9.17) is 5.11 Å². The number of hydrogen-bond acceptors (Lipinski definition) is 4. The average Bonchev–Trinajstić information content (AvgIpc) is 2.39. The summed E-state index contributed by atoms with van der Waals surface area (Å²) in [5.74, 6) is -6.02. The van der Waals surface area contributed by atoms with Crippen molar-refractivity contribution in [1.29, 1.82) is 0 Å². The van der Waals surface area contributed by atoms with E-state index in [1.54, 1.807) is 30.3 Å². The summed E-state index contributed by atoms with van der Waals surface area (Å²) in [5, 5.41) is 38.4. The molecule has 2 rings (SSSR count). The monoisotopic (exact) mass is 276 g/mol. The van der Waals surface area contributed by atoms with Crippen molar-refractivity contribution in [2.24, 2.45) is 5.92 Å². The second-order valence-electron chi connectivity index (χ2n) is 4.38. The molecular weight excluding hydrogens is 264 g/mol. The van der Waals surface area contributed by atoms with Gasteiger partial charge in [0.05, 0.1) is 0 Å². The van der Waals surface area contributed by atoms with Gasteiger partial charge in [-0.1, -0.05) is 36.4 Å². The second-order valence-corrected chi connectivity index (χ2v) is 4.38. The number of rotatable bonds is 3. The van der Waals surface area contributed by atoms with Gasteiger partial charge >= 0.3 is 11.9 Å². The first-order valence-electron chi connectivity index (χ1n) is 5.74. The molecule has 0 heterocycles. The lowest BCUT2D eigenvalue weighted by Crippen LogP contribution is -2.52. The highest BCUT2D eigenvalue weighted by Crippen LogP contribution is 2.40. The van der Waals surface area contributed by atoms with E-state index in [0.29, 0.717) is 5.56 Å². The maximum atomic E-state index is 11.4. The normalized spacial score (nSPS) is 25.6. The first-order chi connectivity index (χ1) is 9.39. The summed E-state index contributed by atoms with van der Waals surface area (Å²) < 4.78 is 0. The molecule has 0 bridgehead atoms. The number of hydrogen-bond donors (Lipinski definition) is 4. The summed E-state index contributed by atoms with van der Waals surface area (Å²) in [6.45, 7) is 0. The van der Waals surface area contributed by atoms with Crippen LogP contribution in [0.1, 0.15) is 5.56 Å². The van der Waals surface area contributed by atoms with Crippen molar-refractivity contribution < 1.29 is 30.0 Å². The molecule has 1 aliphatic rings. The van der Waals surface area contributed by atoms with Crippen LogP contribution in [0.5, 0.6) is 0 Å². The van der Waals surface area contributed by atoms with Crippen molar-refractivity contribution in [3.8, 4) is 0 Å². The molecule has 0 fully saturated rings. The molecule has 6 nitrogen and oxygen atoms in total. The van der Waals surface area contributed by atoms with Crippen LogP contribution in [0.15, 0.2) is 48.2 Å². The number of allylic oxidation sites excluding steroid dienone is 2. The summed E-state index contributed by atoms with van der Waals surface area (Å²) in [5.41, 5.74) is -2.45. The van der Waals surface area contributed by atoms with E-state index in [2.05, 4.69) is 0 Å². The predicted molar refractivity (Wildman–Crippen MR) is 68.8 cm³/mol. The van der Waals surface area contributed by atoms with Gasteiger partial charge in [-0.2, -0.15) is 0 Å². The molecule has 104 valence electrons. The van der Waals surface area contributed by atoms with E-state index in [1.807, 2.05) is 0 Å². The Morgan fingerprint density at radius 2 is 1.65 bits per heavy atom. The Hall–Kier alpha value is -2.60. The Labute approximate surface area is 113 Å². The summed E-state index contributed by atoms with van der Waals surface area (Å²) >= 11 is 0. The molecule has 0 saturated heterocycles. The fraction of sp³-hybridized carbons (Fsp3) is 0.143. The van der Waals surface area contributed by atoms with Gasteiger partial charge in [-0.05, 0) is 11.6 Å². The Balaban J connectivity index is 2.66. The first kappa shape index (κ1) is 13.8. The molecule has 0 radical (unpaired) electrons. The van der Waals surface area contributed by atoms with Gasteiger partial charge in [0, 0.05) is 5.57 Å². The van der Waals surface area contributed by atoms with E-state index in [0.717, 1.165) is 6.08 Å². The van der Waals surface area contributed by atoms with Gasteiger partial charge in [-0.15, -0.1) is 0 Å². The number of aliphatic carboxylic acids is 2. The van der Waals surface area contributed by atoms with Crippen LogP contribution in [0.4, 0.5) is 0 Å². The van der Waals surface area contributed by atoms with Gasteiger partial charge in [0.2, 0.25) is 5.60 Å². The van der Waals surface area contributed by atoms with Gasteiger partial charge in [-0.3, -0.25) is 4.79 Å². The standard InChI is InChI=1S/C14H12O6/c15-10-7-6-9(8-4-2-1-3-5-8)14(20,13(18)19)11(10)12(16)17/h1-7,11,15,20H,(H,16,17)(H,18,19). The Bertz CT molecular complexity index is 616. The Morgan fingerprint density at radius 3 is 2.15 bits per heavy atom. The third-order valence-electron chi connectivity index (χ3n) is 3.20. The highest BCUT2D eigenvalue weighted by Gasteiger charge is 2.55. The highest BCUT2D eigenvalue weighted by atomic mass is 16.4. The van der Waals surface area contributed by atoms with E-state index >= 15 is 0 Å². The van der Waals surface area contributed by atoms with E-state index < -0.39 is 29.2 Å². The summed E-state index contributed by atoms with van der Waals surface area (Å²) in [4.78, 5) is 22.6. The molecular formula is C14H12O6. The fourth-order valence-electron chi connectivity index (χ4n) is 2.24. The molecule has 20 heavy (non-hydrogen) atoms. The minimum atomic E-state index is -2.73. The molecule has 2 unspecified atom stereocenters. The second kappa shape index (κ2) is 4.82. The van der Waals surface area contributed by atoms with Crippen LogP contribution in [0, 0.1) is 5.92 Å². The Morgan fingerprint density at radius 1 is 1.05 bits per heavy atom. The van der Waals surface area contributed by atoms with E-state index in [-0.39, 0.29) is 5.57 Å². The molecule has 1 aromatic rings. The smallest absolute Gasteiger partial charge is 0.341 e. The number of carbonyl (C=O) groups is 2. The lowest BCUT2D eigenvalue weighted by Gasteiger charge is -2.34. The van der Waals surface area contributed by atoms with E-state index in [9.17, 15) is 24.9 Å².